The van der Waals surface area contributed by atoms with E-state index in [2.05, 4.69) is 0 Å². The summed E-state index contributed by atoms with van der Waals surface area (Å²) in [5, 5.41) is 18.7. The third-order valence-corrected chi connectivity index (χ3v) is 2.29. The van der Waals surface area contributed by atoms with Gasteiger partial charge in [-0.25, -0.2) is 0 Å². The van der Waals surface area contributed by atoms with E-state index in [4.69, 9.17) is 21.4 Å². The Morgan fingerprint density at radius 3 is 2.78 bits per heavy atom. The van der Waals surface area contributed by atoms with Crippen LogP contribution in [0.3, 0.4) is 0 Å². The Morgan fingerprint density at radius 2 is 2.22 bits per heavy atom. The summed E-state index contributed by atoms with van der Waals surface area (Å²) in [6, 6.07) is 1.66. The zero-order valence-corrected chi connectivity index (χ0v) is 9.82. The molecule has 0 saturated carbocycles. The molecule has 1 aromatic carbocycles. The fraction of sp³-hybridized carbons (Fsp3) is 0.300. The van der Waals surface area contributed by atoms with Gasteiger partial charge in [0.2, 0.25) is 5.82 Å². The van der Waals surface area contributed by atoms with Gasteiger partial charge < -0.3 is 9.84 Å². The Balaban J connectivity index is 2.70. The number of rotatable bonds is 6. The first kappa shape index (κ1) is 14.2. The smallest absolute Gasteiger partial charge is 0.306 e. The third-order valence-electron chi connectivity index (χ3n) is 1.99. The molecule has 0 amide bonds. The quantitative estimate of drug-likeness (QED) is 0.490. The van der Waals surface area contributed by atoms with Crippen LogP contribution < -0.4 is 4.74 Å². The molecular formula is C10H9ClFNO5. The van der Waals surface area contributed by atoms with Gasteiger partial charge in [0, 0.05) is 18.6 Å². The molecule has 6 nitrogen and oxygen atoms in total. The highest BCUT2D eigenvalue weighted by atomic mass is 35.5. The summed E-state index contributed by atoms with van der Waals surface area (Å²) in [6.45, 7) is 0.0310. The lowest BCUT2D eigenvalue weighted by Crippen LogP contribution is -2.03. The normalized spacial score (nSPS) is 10.1. The van der Waals surface area contributed by atoms with Crippen molar-refractivity contribution < 1.29 is 24.0 Å². The Kier molecular flexibility index (Phi) is 4.85. The molecule has 0 aliphatic carbocycles. The molecule has 0 bridgehead atoms. The first-order valence-electron chi connectivity index (χ1n) is 4.90. The molecule has 98 valence electrons. The molecule has 0 aliphatic rings. The minimum absolute atomic E-state index is 0.0310. The van der Waals surface area contributed by atoms with E-state index < -0.39 is 22.4 Å². The summed E-state index contributed by atoms with van der Waals surface area (Å²) in [7, 11) is 0. The average Bonchev–Trinajstić information content (AvgIpc) is 2.27. The van der Waals surface area contributed by atoms with Gasteiger partial charge in [-0.3, -0.25) is 14.9 Å². The van der Waals surface area contributed by atoms with Crippen molar-refractivity contribution in [1.29, 1.82) is 0 Å². The molecule has 0 spiro atoms. The van der Waals surface area contributed by atoms with Crippen LogP contribution in [-0.2, 0) is 4.79 Å². The monoisotopic (exact) mass is 277 g/mol. The number of hydrogen-bond donors (Lipinski definition) is 1. The third kappa shape index (κ3) is 3.85. The maximum atomic E-state index is 13.2. The number of carboxylic acid groups (broad SMARTS) is 1. The van der Waals surface area contributed by atoms with E-state index in [1.807, 2.05) is 0 Å². The van der Waals surface area contributed by atoms with Gasteiger partial charge in [0.25, 0.3) is 0 Å². The number of benzene rings is 1. The van der Waals surface area contributed by atoms with E-state index in [9.17, 15) is 19.3 Å². The molecule has 1 aromatic rings. The number of nitrogens with zero attached hydrogens (tertiary/aromatic N) is 1. The Bertz CT molecular complexity index is 480. The summed E-state index contributed by atoms with van der Waals surface area (Å²) in [4.78, 5) is 19.8. The van der Waals surface area contributed by atoms with E-state index >= 15 is 0 Å². The number of nitro groups is 1. The average molecular weight is 278 g/mol. The van der Waals surface area contributed by atoms with Crippen LogP contribution >= 0.6 is 11.6 Å². The molecule has 8 heteroatoms. The Morgan fingerprint density at radius 1 is 1.56 bits per heavy atom. The lowest BCUT2D eigenvalue weighted by molar-refractivity contribution is -0.387. The highest BCUT2D eigenvalue weighted by Crippen LogP contribution is 2.31. The van der Waals surface area contributed by atoms with E-state index in [1.165, 1.54) is 0 Å². The lowest BCUT2D eigenvalue weighted by atomic mass is 10.3. The SMILES string of the molecule is O=C(O)CCCOc1cc(F)c([N+](=O)[O-])cc1Cl. The first-order chi connectivity index (χ1) is 8.41. The highest BCUT2D eigenvalue weighted by Gasteiger charge is 2.18. The molecule has 0 radical (unpaired) electrons. The molecule has 0 heterocycles. The van der Waals surface area contributed by atoms with Gasteiger partial charge in [0.15, 0.2) is 0 Å². The standard InChI is InChI=1S/C10H9ClFNO5/c11-6-4-8(13(16)17)7(12)5-9(6)18-3-1-2-10(14)15/h4-5H,1-3H2,(H,14,15). The maximum Gasteiger partial charge on any atom is 0.306 e. The van der Waals surface area contributed by atoms with Crippen molar-refractivity contribution in [2.45, 2.75) is 12.8 Å². The molecule has 0 unspecified atom stereocenters. The molecule has 0 fully saturated rings. The number of hydrogen-bond acceptors (Lipinski definition) is 4. The Labute approximate surface area is 106 Å². The fourth-order valence-electron chi connectivity index (χ4n) is 1.17. The van der Waals surface area contributed by atoms with Crippen molar-refractivity contribution >= 4 is 23.3 Å². The van der Waals surface area contributed by atoms with E-state index in [0.29, 0.717) is 0 Å². The largest absolute Gasteiger partial charge is 0.492 e. The van der Waals surface area contributed by atoms with Crippen molar-refractivity contribution in [3.05, 3.63) is 33.1 Å². The van der Waals surface area contributed by atoms with Gasteiger partial charge in [-0.15, -0.1) is 0 Å². The van der Waals surface area contributed by atoms with Crippen LogP contribution in [0.15, 0.2) is 12.1 Å². The maximum absolute atomic E-state index is 13.2. The van der Waals surface area contributed by atoms with Crippen molar-refractivity contribution in [2.24, 2.45) is 0 Å². The van der Waals surface area contributed by atoms with Gasteiger partial charge in [-0.1, -0.05) is 11.6 Å². The second-order valence-electron chi connectivity index (χ2n) is 3.34. The number of aliphatic carboxylic acids is 1. The Hall–Kier alpha value is -1.89. The zero-order valence-electron chi connectivity index (χ0n) is 9.06. The van der Waals surface area contributed by atoms with Crippen molar-refractivity contribution in [3.63, 3.8) is 0 Å². The zero-order chi connectivity index (χ0) is 13.7. The van der Waals surface area contributed by atoms with Crippen LogP contribution in [0.4, 0.5) is 10.1 Å². The number of ether oxygens (including phenoxy) is 1. The van der Waals surface area contributed by atoms with E-state index in [1.54, 1.807) is 0 Å². The molecule has 0 saturated heterocycles. The van der Waals surface area contributed by atoms with Gasteiger partial charge in [-0.05, 0) is 6.42 Å². The molecule has 1 rings (SSSR count). The van der Waals surface area contributed by atoms with Crippen LogP contribution in [0.5, 0.6) is 5.75 Å². The summed E-state index contributed by atoms with van der Waals surface area (Å²) >= 11 is 5.67. The van der Waals surface area contributed by atoms with Gasteiger partial charge in [0.05, 0.1) is 16.6 Å². The summed E-state index contributed by atoms with van der Waals surface area (Å²) in [6.07, 6.45) is 0.136. The molecule has 0 aromatic heterocycles. The van der Waals surface area contributed by atoms with Crippen LogP contribution in [0.1, 0.15) is 12.8 Å². The van der Waals surface area contributed by atoms with Crippen molar-refractivity contribution in [2.75, 3.05) is 6.61 Å². The second kappa shape index (κ2) is 6.15. The molecule has 18 heavy (non-hydrogen) atoms. The number of halogens is 2. The minimum Gasteiger partial charge on any atom is -0.492 e. The summed E-state index contributed by atoms with van der Waals surface area (Å²) < 4.78 is 18.3. The first-order valence-corrected chi connectivity index (χ1v) is 5.27. The lowest BCUT2D eigenvalue weighted by Gasteiger charge is -2.07. The highest BCUT2D eigenvalue weighted by molar-refractivity contribution is 6.32. The summed E-state index contributed by atoms with van der Waals surface area (Å²) in [5.41, 5.74) is -0.738. The predicted octanol–water partition coefficient (Wildman–Crippen LogP) is 2.63. The minimum atomic E-state index is -1.06. The van der Waals surface area contributed by atoms with Gasteiger partial charge in [0.1, 0.15) is 5.75 Å². The number of carbonyl (C=O) groups is 1. The van der Waals surface area contributed by atoms with Crippen LogP contribution in [0.25, 0.3) is 0 Å². The molecule has 0 atom stereocenters. The van der Waals surface area contributed by atoms with Crippen LogP contribution in [-0.4, -0.2) is 22.6 Å². The topological polar surface area (TPSA) is 89.7 Å². The van der Waals surface area contributed by atoms with E-state index in [0.717, 1.165) is 12.1 Å². The number of nitro benzene ring substituents is 1. The van der Waals surface area contributed by atoms with Gasteiger partial charge in [-0.2, -0.15) is 4.39 Å². The molecule has 0 aliphatic heterocycles. The van der Waals surface area contributed by atoms with Crippen molar-refractivity contribution in [1.82, 2.24) is 0 Å². The van der Waals surface area contributed by atoms with Crippen molar-refractivity contribution in [3.8, 4) is 5.75 Å². The second-order valence-corrected chi connectivity index (χ2v) is 3.74. The predicted molar refractivity (Wildman–Crippen MR) is 60.4 cm³/mol. The van der Waals surface area contributed by atoms with Crippen LogP contribution in [0.2, 0.25) is 5.02 Å². The number of carboxylic acids is 1. The van der Waals surface area contributed by atoms with Gasteiger partial charge >= 0.3 is 11.7 Å². The van der Waals surface area contributed by atoms with E-state index in [-0.39, 0.29) is 30.2 Å². The summed E-state index contributed by atoms with van der Waals surface area (Å²) in [5.74, 6) is -2.08. The molecular weight excluding hydrogens is 269 g/mol. The van der Waals surface area contributed by atoms with Crippen LogP contribution in [0, 0.1) is 15.9 Å². The molecule has 1 N–H and O–H groups in total. The fourth-order valence-corrected chi connectivity index (χ4v) is 1.39.